The van der Waals surface area contributed by atoms with Crippen molar-refractivity contribution in [1.82, 2.24) is 0 Å². The van der Waals surface area contributed by atoms with Crippen molar-refractivity contribution >= 4 is 185 Å². The van der Waals surface area contributed by atoms with Gasteiger partial charge in [0.25, 0.3) is 35.3 Å². The van der Waals surface area contributed by atoms with Crippen molar-refractivity contribution in [3.63, 3.8) is 0 Å². The number of anilines is 15. The molecule has 0 saturated carbocycles. The third-order valence-corrected chi connectivity index (χ3v) is 31.7. The number of ether oxygens (including phenoxy) is 5. The number of aryl methyl sites for hydroxylation is 15. The highest BCUT2D eigenvalue weighted by molar-refractivity contribution is 7.22. The van der Waals surface area contributed by atoms with Crippen molar-refractivity contribution in [1.29, 1.82) is 0 Å². The maximum Gasteiger partial charge on any atom is 0.251 e. The van der Waals surface area contributed by atoms with Gasteiger partial charge in [0.05, 0.1) is 63.4 Å². The molecule has 0 aliphatic carbocycles. The first-order valence-corrected chi connectivity index (χ1v) is 53.1. The van der Waals surface area contributed by atoms with E-state index in [0.717, 1.165) is 116 Å². The quantitative estimate of drug-likeness (QED) is 0.161. The molecule has 5 aliphatic heterocycles. The molecular weight excluding hydrogens is 1880 g/mol. The molecule has 0 N–H and O–H groups in total. The third-order valence-electron chi connectivity index (χ3n) is 28.1. The number of nitrogens with zero attached hydrogens (tertiary/aromatic N) is 5. The molecule has 145 heavy (non-hydrogen) atoms. The number of hydrogen-bond acceptors (Lipinski definition) is 20. The number of furan rings is 6. The van der Waals surface area contributed by atoms with E-state index in [1.54, 1.807) is 64.1 Å². The van der Waals surface area contributed by atoms with Gasteiger partial charge in [0.2, 0.25) is 20.3 Å². The smallest absolute Gasteiger partial charge is 0.251 e. The maximum absolute atomic E-state index is 6.36. The maximum atomic E-state index is 6.36. The summed E-state index contributed by atoms with van der Waals surface area (Å²) in [5.41, 5.74) is 38.1. The van der Waals surface area contributed by atoms with Crippen molar-refractivity contribution in [2.75, 3.05) is 24.5 Å². The Kier molecular flexibility index (Phi) is 23.9. The van der Waals surface area contributed by atoms with Gasteiger partial charge in [0.15, 0.2) is 34.5 Å². The molecule has 740 valence electrons. The van der Waals surface area contributed by atoms with Crippen molar-refractivity contribution < 1.29 is 50.2 Å². The van der Waals surface area contributed by atoms with Crippen LogP contribution < -0.4 is 48.2 Å². The number of fused-ring (bicyclic) bond motifs is 20. The fourth-order valence-electron chi connectivity index (χ4n) is 20.7. The summed E-state index contributed by atoms with van der Waals surface area (Å²) in [6.07, 6.45) is 4.97. The van der Waals surface area contributed by atoms with Crippen molar-refractivity contribution in [3.05, 3.63) is 323 Å². The summed E-state index contributed by atoms with van der Waals surface area (Å²) in [6, 6.07) is 64.7. The summed E-state index contributed by atoms with van der Waals surface area (Å²) in [6.45, 7) is 66.1. The van der Waals surface area contributed by atoms with Crippen LogP contribution in [-0.2, 0) is 27.1 Å². The van der Waals surface area contributed by atoms with Crippen LogP contribution in [0.15, 0.2) is 238 Å². The van der Waals surface area contributed by atoms with E-state index in [2.05, 4.69) is 363 Å². The second kappa shape index (κ2) is 35.7. The fourth-order valence-corrected chi connectivity index (χ4v) is 24.4. The Hall–Kier alpha value is -14.0. The van der Waals surface area contributed by atoms with Crippen molar-refractivity contribution in [2.24, 2.45) is 0 Å². The van der Waals surface area contributed by atoms with Crippen LogP contribution >= 0.6 is 45.3 Å². The molecule has 0 spiro atoms. The predicted molar refractivity (Wildman–Crippen MR) is 603 cm³/mol. The highest BCUT2D eigenvalue weighted by Crippen LogP contribution is 2.65. The molecule has 0 unspecified atom stereocenters. The topological polar surface area (TPSA) is 141 Å². The number of benzene rings is 10. The fraction of sp³-hybridized carbons (Fsp3) is 0.280. The summed E-state index contributed by atoms with van der Waals surface area (Å²) < 4.78 is 70.4. The van der Waals surface area contributed by atoms with E-state index in [1.165, 1.54) is 138 Å². The normalized spacial score (nSPS) is 13.4. The van der Waals surface area contributed by atoms with Gasteiger partial charge in [0, 0.05) is 38.4 Å². The van der Waals surface area contributed by atoms with Crippen LogP contribution in [0.1, 0.15) is 215 Å². The van der Waals surface area contributed by atoms with E-state index in [9.17, 15) is 0 Å². The zero-order chi connectivity index (χ0) is 102. The van der Waals surface area contributed by atoms with Gasteiger partial charge in [-0.05, 0) is 302 Å². The first-order valence-electron chi connectivity index (χ1n) is 49.7. The number of para-hydroxylation sites is 1. The number of rotatable bonds is 5. The molecule has 16 nitrogen and oxygen atoms in total. The first kappa shape index (κ1) is 97.1. The average Bonchev–Trinajstić information content (AvgIpc) is 1.59. The monoisotopic (exact) mass is 2000 g/mol. The lowest BCUT2D eigenvalue weighted by molar-refractivity contribution is 0.443. The summed E-state index contributed by atoms with van der Waals surface area (Å²) in [5.74, 6) is 8.17. The van der Waals surface area contributed by atoms with Gasteiger partial charge >= 0.3 is 0 Å². The Morgan fingerprint density at radius 3 is 0.979 bits per heavy atom. The average molecular weight is 2000 g/mol. The Balaban J connectivity index is 0.000000107. The molecule has 0 saturated heterocycles. The van der Waals surface area contributed by atoms with Gasteiger partial charge in [-0.3, -0.25) is 0 Å². The van der Waals surface area contributed by atoms with E-state index in [4.69, 9.17) is 50.2 Å². The summed E-state index contributed by atoms with van der Waals surface area (Å²) in [4.78, 5) is 11.0. The Bertz CT molecular complexity index is 8350. The van der Waals surface area contributed by atoms with E-state index in [0.29, 0.717) is 52.6 Å². The Labute approximate surface area is 865 Å². The van der Waals surface area contributed by atoms with Crippen molar-refractivity contribution in [3.8, 4) is 54.7 Å². The van der Waals surface area contributed by atoms with Crippen LogP contribution in [0.3, 0.4) is 0 Å². The SMILES string of the molecule is Cc1cc(C(C)(C)C)cc(C)c1N1c2occc2Oc2c1oc1c(C)cccc21.Cc1ccc2c3c(oc2c1)N(c1c(C)cc(C(C)(C)C)cc1C)c1occc1O3.Cc1ccc2c3c(sc2c1)Oc1sccc1N3c1c(C)cc(C(C)(C)C)cc1C.Cc1ccc2oc3c(c2c1)Oc1ccoc1N3c1c(C)cc(C(C)(C)C)cc1C.Cc1ccc2sc3c(c2c1)N(c1c(C)cc(C(C)(C)C)cc1C)c1ccsc1O3. The molecule has 25 rings (SSSR count). The van der Waals surface area contributed by atoms with Crippen LogP contribution in [0.4, 0.5) is 86.5 Å². The molecule has 0 atom stereocenters. The number of thiophene rings is 4. The molecule has 10 aromatic heterocycles. The van der Waals surface area contributed by atoms with Gasteiger partial charge in [-0.15, -0.1) is 22.7 Å². The van der Waals surface area contributed by atoms with Crippen LogP contribution in [0, 0.1) is 104 Å². The largest absolute Gasteiger partial charge is 0.445 e. The zero-order valence-electron chi connectivity index (χ0n) is 88.6. The molecule has 10 aromatic carbocycles. The van der Waals surface area contributed by atoms with Gasteiger partial charge in [-0.25, -0.2) is 14.7 Å². The van der Waals surface area contributed by atoms with Gasteiger partial charge in [-0.1, -0.05) is 241 Å². The van der Waals surface area contributed by atoms with Gasteiger partial charge in [-0.2, -0.15) is 0 Å². The predicted octanol–water partition coefficient (Wildman–Crippen LogP) is 41.0. The van der Waals surface area contributed by atoms with E-state index in [1.807, 2.05) is 61.5 Å². The molecule has 0 fully saturated rings. The van der Waals surface area contributed by atoms with E-state index in [-0.39, 0.29) is 27.1 Å². The minimum Gasteiger partial charge on any atom is -0.445 e. The summed E-state index contributed by atoms with van der Waals surface area (Å²) >= 11 is 6.80. The highest BCUT2D eigenvalue weighted by atomic mass is 32.1. The molecule has 0 bridgehead atoms. The molecule has 15 heterocycles. The van der Waals surface area contributed by atoms with Crippen LogP contribution in [0.2, 0.25) is 0 Å². The standard InChI is InChI=1S/3C25H25NO3.2C25H25NOS2/c1-14-7-8-19-18(11-14)22-24(29-19)26(23-20(28-22)9-10-27-23)21-15(2)12-17(13-16(21)3)25(4,5)6;1-14-7-8-18-20(11-14)29-24-22(18)28-19-9-10-27-23(19)26(24)21-15(2)12-17(13-16(21)3)25(4,5)6;1-14-8-7-9-18-21(14)29-24-22(18)28-19-10-11-27-23(19)26(24)20-15(2)12-17(13-16(20)3)25(4,5)6;1-14-7-8-20-18(11-14)22-24(29-20)27-23-19(9-10-28-23)26(22)21-15(2)12-17(13-16(21)3)25(4,5)6;1-14-7-8-18-20(11-14)29-24-22(18)26(19-9-10-28-23(19)27-24)21-15(2)12-17(13-16(21)3)25(4,5)6/h5*7-13H,1-6H3. The lowest BCUT2D eigenvalue weighted by Gasteiger charge is -2.33. The van der Waals surface area contributed by atoms with Gasteiger partial charge in [0.1, 0.15) is 39.5 Å². The molecule has 5 aliphatic rings. The van der Waals surface area contributed by atoms with Crippen LogP contribution in [0.5, 0.6) is 54.7 Å². The molecule has 0 amide bonds. The molecule has 20 heteroatoms. The minimum absolute atomic E-state index is 0.0799. The summed E-state index contributed by atoms with van der Waals surface area (Å²) in [7, 11) is 0. The number of hydrogen-bond donors (Lipinski definition) is 0. The minimum atomic E-state index is 0.0799. The zero-order valence-corrected chi connectivity index (χ0v) is 91.8. The first-order chi connectivity index (χ1) is 68.7. The summed E-state index contributed by atoms with van der Waals surface area (Å²) in [5, 5.41) is 13.6. The lowest BCUT2D eigenvalue weighted by Crippen LogP contribution is -2.18. The lowest BCUT2D eigenvalue weighted by atomic mass is 9.84. The van der Waals surface area contributed by atoms with Crippen LogP contribution in [0.25, 0.3) is 53.1 Å². The van der Waals surface area contributed by atoms with E-state index >= 15 is 0 Å². The third kappa shape index (κ3) is 17.2. The molecular formula is C125H125N5O11S4. The second-order valence-corrected chi connectivity index (χ2v) is 48.6. The molecule has 20 aromatic rings. The Morgan fingerprint density at radius 2 is 0.566 bits per heavy atom. The highest BCUT2D eigenvalue weighted by Gasteiger charge is 2.43. The molecule has 0 radical (unpaired) electrons. The van der Waals surface area contributed by atoms with Gasteiger partial charge < -0.3 is 60.0 Å². The van der Waals surface area contributed by atoms with Crippen LogP contribution in [-0.4, -0.2) is 0 Å². The van der Waals surface area contributed by atoms with Crippen molar-refractivity contribution in [2.45, 2.75) is 235 Å². The van der Waals surface area contributed by atoms with E-state index < -0.39 is 0 Å². The second-order valence-electron chi connectivity index (χ2n) is 44.8. The Morgan fingerprint density at radius 1 is 0.234 bits per heavy atom.